The first kappa shape index (κ1) is 15.5. The maximum Gasteiger partial charge on any atom is 0.224 e. The number of aromatic nitrogens is 1. The number of nitrogens with one attached hydrogen (secondary N) is 2. The topological polar surface area (TPSA) is 98.9 Å². The Morgan fingerprint density at radius 1 is 1.35 bits per heavy atom. The van der Waals surface area contributed by atoms with Gasteiger partial charge >= 0.3 is 0 Å². The van der Waals surface area contributed by atoms with Crippen molar-refractivity contribution in [3.8, 4) is 0 Å². The minimum Gasteiger partial charge on any atom is -0.370 e. The van der Waals surface area contributed by atoms with E-state index in [0.29, 0.717) is 12.4 Å². The van der Waals surface area contributed by atoms with Crippen LogP contribution in [0.5, 0.6) is 0 Å². The third-order valence-corrected chi connectivity index (χ3v) is 4.07. The Morgan fingerprint density at radius 2 is 2.13 bits per heavy atom. The Balaban J connectivity index is 1.56. The van der Waals surface area contributed by atoms with Gasteiger partial charge in [-0.2, -0.15) is 0 Å². The molecule has 0 bridgehead atoms. The number of hydrogen-bond acceptors (Lipinski definition) is 5. The number of nitrogens with zero attached hydrogens (tertiary/aromatic N) is 4. The van der Waals surface area contributed by atoms with Crippen LogP contribution in [0.1, 0.15) is 13.3 Å². The lowest BCUT2D eigenvalue weighted by atomic mass is 10.2. The third-order valence-electron chi connectivity index (χ3n) is 4.07. The highest BCUT2D eigenvalue weighted by molar-refractivity contribution is 5.80. The fraction of sp³-hybridized carbons (Fsp3) is 0.533. The second-order valence-electron chi connectivity index (χ2n) is 5.89. The smallest absolute Gasteiger partial charge is 0.224 e. The molecule has 124 valence electrons. The van der Waals surface area contributed by atoms with E-state index >= 15 is 0 Å². The van der Waals surface area contributed by atoms with Crippen LogP contribution in [0, 0.1) is 0 Å². The molecule has 2 aliphatic rings. The first-order valence-electron chi connectivity index (χ1n) is 7.91. The van der Waals surface area contributed by atoms with Crippen LogP contribution in [0.2, 0.25) is 0 Å². The summed E-state index contributed by atoms with van der Waals surface area (Å²) in [5.74, 6) is 1.44. The Bertz CT molecular complexity index is 568. The van der Waals surface area contributed by atoms with Crippen LogP contribution in [0.15, 0.2) is 29.4 Å². The number of carbonyl (C=O) groups excluding carboxylic acids is 1. The molecule has 0 spiro atoms. The zero-order valence-electron chi connectivity index (χ0n) is 13.3. The molecule has 2 aliphatic heterocycles. The molecule has 1 aromatic rings. The molecule has 2 fully saturated rings. The lowest BCUT2D eigenvalue weighted by Crippen LogP contribution is -2.57. The van der Waals surface area contributed by atoms with Gasteiger partial charge in [0.1, 0.15) is 5.82 Å². The number of amides is 1. The number of hydrogen-bond donors (Lipinski definition) is 3. The van der Waals surface area contributed by atoms with Crippen molar-refractivity contribution in [1.29, 1.82) is 0 Å². The highest BCUT2D eigenvalue weighted by Crippen LogP contribution is 2.12. The highest BCUT2D eigenvalue weighted by atomic mass is 16.2. The molecule has 3 rings (SSSR count). The maximum atomic E-state index is 11.6. The van der Waals surface area contributed by atoms with Crippen molar-refractivity contribution in [2.45, 2.75) is 25.7 Å². The van der Waals surface area contributed by atoms with E-state index in [1.165, 1.54) is 0 Å². The van der Waals surface area contributed by atoms with Crippen molar-refractivity contribution in [1.82, 2.24) is 20.5 Å². The Kier molecular flexibility index (Phi) is 4.61. The number of anilines is 1. The van der Waals surface area contributed by atoms with Crippen molar-refractivity contribution in [3.05, 3.63) is 24.4 Å². The summed E-state index contributed by atoms with van der Waals surface area (Å²) < 4.78 is 0. The van der Waals surface area contributed by atoms with E-state index in [-0.39, 0.29) is 11.9 Å². The van der Waals surface area contributed by atoms with Gasteiger partial charge in [-0.3, -0.25) is 10.1 Å². The minimum atomic E-state index is -0.444. The van der Waals surface area contributed by atoms with Gasteiger partial charge in [0, 0.05) is 44.8 Å². The van der Waals surface area contributed by atoms with Gasteiger partial charge in [-0.05, 0) is 19.1 Å². The van der Waals surface area contributed by atoms with Crippen LogP contribution < -0.4 is 21.3 Å². The van der Waals surface area contributed by atoms with Gasteiger partial charge in [0.2, 0.25) is 5.91 Å². The van der Waals surface area contributed by atoms with Gasteiger partial charge < -0.3 is 20.9 Å². The van der Waals surface area contributed by atoms with Crippen molar-refractivity contribution < 1.29 is 4.79 Å². The lowest BCUT2D eigenvalue weighted by Gasteiger charge is -2.36. The fourth-order valence-electron chi connectivity index (χ4n) is 2.85. The van der Waals surface area contributed by atoms with Gasteiger partial charge in [-0.1, -0.05) is 6.07 Å². The molecular weight excluding hydrogens is 294 g/mol. The largest absolute Gasteiger partial charge is 0.370 e. The van der Waals surface area contributed by atoms with Crippen molar-refractivity contribution in [2.75, 3.05) is 31.1 Å². The second kappa shape index (κ2) is 6.82. The number of aliphatic imine (C=N–C) groups is 1. The summed E-state index contributed by atoms with van der Waals surface area (Å²) in [6.45, 7) is 5.20. The van der Waals surface area contributed by atoms with Crippen LogP contribution in [-0.2, 0) is 4.79 Å². The summed E-state index contributed by atoms with van der Waals surface area (Å²) in [6.07, 6.45) is 1.82. The van der Waals surface area contributed by atoms with Gasteiger partial charge in [0.25, 0.3) is 0 Å². The van der Waals surface area contributed by atoms with Gasteiger partial charge in [0.15, 0.2) is 12.2 Å². The predicted octanol–water partition coefficient (Wildman–Crippen LogP) is -0.700. The van der Waals surface area contributed by atoms with Crippen LogP contribution in [-0.4, -0.2) is 60.3 Å². The molecule has 8 heteroatoms. The number of guanidine groups is 1. The molecule has 3 heterocycles. The number of pyridine rings is 1. The molecular formula is C15H23N7O. The number of rotatable bonds is 2. The first-order valence-corrected chi connectivity index (χ1v) is 7.91. The van der Waals surface area contributed by atoms with E-state index in [4.69, 9.17) is 5.73 Å². The number of piperazine rings is 1. The van der Waals surface area contributed by atoms with Crippen molar-refractivity contribution in [3.63, 3.8) is 0 Å². The summed E-state index contributed by atoms with van der Waals surface area (Å²) in [6, 6.07) is 6.02. The van der Waals surface area contributed by atoms with E-state index in [1.807, 2.05) is 30.0 Å². The van der Waals surface area contributed by atoms with E-state index in [2.05, 4.69) is 25.5 Å². The van der Waals surface area contributed by atoms with E-state index in [9.17, 15) is 4.79 Å². The molecule has 2 saturated heterocycles. The number of carbonyl (C=O) groups is 1. The summed E-state index contributed by atoms with van der Waals surface area (Å²) in [5, 5.41) is 5.99. The second-order valence-corrected chi connectivity index (χ2v) is 5.89. The average Bonchev–Trinajstić information content (AvgIpc) is 2.55. The van der Waals surface area contributed by atoms with Crippen LogP contribution in [0.25, 0.3) is 0 Å². The molecule has 8 nitrogen and oxygen atoms in total. The fourth-order valence-corrected chi connectivity index (χ4v) is 2.85. The standard InChI is InChI=1S/C15H23N7O/c1-11-10-13(23)19-15(18-11)20-14(16)22-8-6-21(7-9-22)12-4-2-3-5-17-12/h2-5,11,15,18H,6-10H2,1H3,(H2,16,20)(H,19,23). The van der Waals surface area contributed by atoms with Gasteiger partial charge in [0.05, 0.1) is 0 Å². The van der Waals surface area contributed by atoms with Gasteiger partial charge in [-0.25, -0.2) is 9.98 Å². The molecule has 0 saturated carbocycles. The first-order chi connectivity index (χ1) is 11.1. The van der Waals surface area contributed by atoms with Crippen LogP contribution in [0.4, 0.5) is 5.82 Å². The van der Waals surface area contributed by atoms with Crippen LogP contribution >= 0.6 is 0 Å². The maximum absolute atomic E-state index is 11.6. The Hall–Kier alpha value is -2.35. The summed E-state index contributed by atoms with van der Waals surface area (Å²) in [4.78, 5) is 24.6. The molecule has 4 N–H and O–H groups in total. The minimum absolute atomic E-state index is 0.00206. The molecule has 23 heavy (non-hydrogen) atoms. The molecule has 0 radical (unpaired) electrons. The average molecular weight is 317 g/mol. The molecule has 0 aliphatic carbocycles. The van der Waals surface area contributed by atoms with Gasteiger partial charge in [-0.15, -0.1) is 0 Å². The Labute approximate surface area is 135 Å². The van der Waals surface area contributed by atoms with Crippen molar-refractivity contribution >= 4 is 17.7 Å². The Morgan fingerprint density at radius 3 is 2.78 bits per heavy atom. The zero-order valence-corrected chi connectivity index (χ0v) is 13.3. The third kappa shape index (κ3) is 3.89. The predicted molar refractivity (Wildman–Crippen MR) is 88.8 cm³/mol. The summed E-state index contributed by atoms with van der Waals surface area (Å²) >= 11 is 0. The lowest BCUT2D eigenvalue weighted by molar-refractivity contribution is -0.124. The molecule has 0 aromatic carbocycles. The SMILES string of the molecule is CC1CC(=O)NC(/N=C(\N)N2CCN(c3ccccn3)CC2)N1. The van der Waals surface area contributed by atoms with E-state index in [0.717, 1.165) is 32.0 Å². The van der Waals surface area contributed by atoms with E-state index in [1.54, 1.807) is 6.20 Å². The number of nitrogens with two attached hydrogens (primary N) is 1. The van der Waals surface area contributed by atoms with E-state index < -0.39 is 6.29 Å². The van der Waals surface area contributed by atoms with Crippen molar-refractivity contribution in [2.24, 2.45) is 10.7 Å². The van der Waals surface area contributed by atoms with Crippen LogP contribution in [0.3, 0.4) is 0 Å². The monoisotopic (exact) mass is 317 g/mol. The molecule has 2 unspecified atom stereocenters. The summed E-state index contributed by atoms with van der Waals surface area (Å²) in [5.41, 5.74) is 6.10. The summed E-state index contributed by atoms with van der Waals surface area (Å²) in [7, 11) is 0. The molecule has 1 amide bonds. The molecule has 1 aromatic heterocycles. The zero-order chi connectivity index (χ0) is 16.2. The highest BCUT2D eigenvalue weighted by Gasteiger charge is 2.24. The quantitative estimate of drug-likeness (QED) is 0.493. The normalized spacial score (nSPS) is 26.1. The molecule has 2 atom stereocenters.